The average Bonchev–Trinajstić information content (AvgIpc) is 2.64. The Morgan fingerprint density at radius 3 is 2.68 bits per heavy atom. The molecule has 0 saturated heterocycles. The minimum atomic E-state index is -0.468. The number of nitrogens with zero attached hydrogens (tertiary/aromatic N) is 1. The van der Waals surface area contributed by atoms with Gasteiger partial charge in [0, 0.05) is 22.3 Å². The summed E-state index contributed by atoms with van der Waals surface area (Å²) in [6.45, 7) is 4.29. The molecule has 7 nitrogen and oxygen atoms in total. The van der Waals surface area contributed by atoms with Crippen molar-refractivity contribution in [3.8, 4) is 5.75 Å². The molecular formula is C19H20BrN3O4S. The number of unbranched alkanes of at least 4 members (excludes halogenated alkanes) is 1. The molecule has 0 aliphatic carbocycles. The largest absolute Gasteiger partial charge is 0.493 e. The van der Waals surface area contributed by atoms with E-state index in [1.165, 1.54) is 12.1 Å². The number of benzene rings is 2. The Bertz CT molecular complexity index is 905. The lowest BCUT2D eigenvalue weighted by molar-refractivity contribution is -0.384. The van der Waals surface area contributed by atoms with Crippen molar-refractivity contribution < 1.29 is 14.5 Å². The second kappa shape index (κ2) is 10.1. The highest BCUT2D eigenvalue weighted by Gasteiger charge is 2.16. The first kappa shape index (κ1) is 21.8. The third-order valence-electron chi connectivity index (χ3n) is 3.84. The van der Waals surface area contributed by atoms with Gasteiger partial charge in [-0.05, 0) is 55.4 Å². The summed E-state index contributed by atoms with van der Waals surface area (Å²) in [5, 5.41) is 16.4. The van der Waals surface area contributed by atoms with Crippen molar-refractivity contribution in [1.29, 1.82) is 0 Å². The van der Waals surface area contributed by atoms with Gasteiger partial charge in [-0.2, -0.15) is 0 Å². The highest BCUT2D eigenvalue weighted by Crippen LogP contribution is 2.24. The van der Waals surface area contributed by atoms with Crippen LogP contribution in [-0.2, 0) is 0 Å². The summed E-state index contributed by atoms with van der Waals surface area (Å²) < 4.78 is 6.44. The lowest BCUT2D eigenvalue weighted by Gasteiger charge is -2.14. The fourth-order valence-electron chi connectivity index (χ4n) is 2.36. The Labute approximate surface area is 176 Å². The lowest BCUT2D eigenvalue weighted by Crippen LogP contribution is -2.34. The maximum atomic E-state index is 12.7. The molecule has 148 valence electrons. The summed E-state index contributed by atoms with van der Waals surface area (Å²) in [7, 11) is 0. The van der Waals surface area contributed by atoms with Crippen molar-refractivity contribution in [1.82, 2.24) is 5.32 Å². The quantitative estimate of drug-likeness (QED) is 0.259. The van der Waals surface area contributed by atoms with Crippen molar-refractivity contribution in [2.45, 2.75) is 26.7 Å². The van der Waals surface area contributed by atoms with E-state index in [1.54, 1.807) is 31.2 Å². The molecule has 2 aromatic rings. The van der Waals surface area contributed by atoms with Crippen LogP contribution in [0.4, 0.5) is 11.4 Å². The molecule has 0 aromatic heterocycles. The number of carbonyl (C=O) groups excluding carboxylic acids is 1. The van der Waals surface area contributed by atoms with Crippen LogP contribution in [0.3, 0.4) is 0 Å². The zero-order chi connectivity index (χ0) is 20.7. The maximum Gasteiger partial charge on any atom is 0.269 e. The number of nitrogens with one attached hydrogen (secondary N) is 2. The van der Waals surface area contributed by atoms with Crippen molar-refractivity contribution in [2.24, 2.45) is 0 Å². The van der Waals surface area contributed by atoms with Crippen LogP contribution in [0.5, 0.6) is 5.75 Å². The molecule has 0 heterocycles. The standard InChI is InChI=1S/C19H20BrN3O4S/c1-3-4-9-27-17-8-5-13(20)11-15(17)18(24)22-19(28)21-16-7-6-14(23(25)26)10-12(16)2/h5-8,10-11H,3-4,9H2,1-2H3,(H2,21,22,24,28). The van der Waals surface area contributed by atoms with Crippen molar-refractivity contribution >= 4 is 50.5 Å². The van der Waals surface area contributed by atoms with Gasteiger partial charge in [-0.25, -0.2) is 0 Å². The minimum absolute atomic E-state index is 0.0130. The molecule has 2 rings (SSSR count). The Morgan fingerprint density at radius 1 is 1.29 bits per heavy atom. The molecule has 0 radical (unpaired) electrons. The van der Waals surface area contributed by atoms with Crippen molar-refractivity contribution in [3.63, 3.8) is 0 Å². The Balaban J connectivity index is 2.09. The molecule has 28 heavy (non-hydrogen) atoms. The number of aryl methyl sites for hydroxylation is 1. The molecule has 0 aliphatic rings. The van der Waals surface area contributed by atoms with Crippen LogP contribution in [0.2, 0.25) is 0 Å². The second-order valence-electron chi connectivity index (χ2n) is 6.01. The highest BCUT2D eigenvalue weighted by molar-refractivity contribution is 9.10. The van der Waals surface area contributed by atoms with Crippen LogP contribution in [0.25, 0.3) is 0 Å². The molecule has 0 spiro atoms. The van der Waals surface area contributed by atoms with Crippen LogP contribution in [0.15, 0.2) is 40.9 Å². The smallest absolute Gasteiger partial charge is 0.269 e. The number of rotatable bonds is 7. The minimum Gasteiger partial charge on any atom is -0.493 e. The first-order chi connectivity index (χ1) is 13.3. The van der Waals surface area contributed by atoms with E-state index < -0.39 is 10.8 Å². The molecule has 9 heteroatoms. The van der Waals surface area contributed by atoms with E-state index in [4.69, 9.17) is 17.0 Å². The zero-order valence-corrected chi connectivity index (χ0v) is 17.9. The number of anilines is 1. The summed E-state index contributed by atoms with van der Waals surface area (Å²) in [6, 6.07) is 9.54. The number of halogens is 1. The monoisotopic (exact) mass is 465 g/mol. The van der Waals surface area contributed by atoms with E-state index in [2.05, 4.69) is 33.5 Å². The van der Waals surface area contributed by atoms with Gasteiger partial charge in [-0.1, -0.05) is 29.3 Å². The average molecular weight is 466 g/mol. The SMILES string of the molecule is CCCCOc1ccc(Br)cc1C(=O)NC(=S)Nc1ccc([N+](=O)[O-])cc1C. The van der Waals surface area contributed by atoms with E-state index in [9.17, 15) is 14.9 Å². The second-order valence-corrected chi connectivity index (χ2v) is 7.33. The lowest BCUT2D eigenvalue weighted by atomic mass is 10.2. The molecule has 2 N–H and O–H groups in total. The molecule has 0 bridgehead atoms. The predicted octanol–water partition coefficient (Wildman–Crippen LogP) is 4.97. The summed E-state index contributed by atoms with van der Waals surface area (Å²) in [4.78, 5) is 23.0. The molecule has 1 amide bonds. The molecule has 2 aromatic carbocycles. The fraction of sp³-hybridized carbons (Fsp3) is 0.263. The van der Waals surface area contributed by atoms with Gasteiger partial charge >= 0.3 is 0 Å². The fourth-order valence-corrected chi connectivity index (χ4v) is 2.92. The van der Waals surface area contributed by atoms with Gasteiger partial charge in [-0.15, -0.1) is 0 Å². The first-order valence-corrected chi connectivity index (χ1v) is 9.81. The normalized spacial score (nSPS) is 10.2. The van der Waals surface area contributed by atoms with E-state index >= 15 is 0 Å². The number of hydrogen-bond donors (Lipinski definition) is 2. The number of amides is 1. The van der Waals surface area contributed by atoms with Crippen LogP contribution in [-0.4, -0.2) is 22.5 Å². The Hall–Kier alpha value is -2.52. The van der Waals surface area contributed by atoms with Crippen LogP contribution in [0.1, 0.15) is 35.7 Å². The summed E-state index contributed by atoms with van der Waals surface area (Å²) in [5.41, 5.74) is 1.55. The highest BCUT2D eigenvalue weighted by atomic mass is 79.9. The van der Waals surface area contributed by atoms with Gasteiger partial charge in [-0.3, -0.25) is 20.2 Å². The summed E-state index contributed by atoms with van der Waals surface area (Å²) in [5.74, 6) is 0.0633. The van der Waals surface area contributed by atoms with E-state index in [0.29, 0.717) is 29.2 Å². The number of nitro groups is 1. The molecule has 0 saturated carbocycles. The molecule has 0 aliphatic heterocycles. The molecule has 0 fully saturated rings. The number of nitro benzene ring substituents is 1. The van der Waals surface area contributed by atoms with E-state index in [-0.39, 0.29) is 10.8 Å². The van der Waals surface area contributed by atoms with Gasteiger partial charge in [0.1, 0.15) is 5.75 Å². The van der Waals surface area contributed by atoms with Gasteiger partial charge in [0.2, 0.25) is 0 Å². The molecular weight excluding hydrogens is 446 g/mol. The number of ether oxygens (including phenoxy) is 1. The van der Waals surface area contributed by atoms with Gasteiger partial charge < -0.3 is 10.1 Å². The number of non-ortho nitro benzene ring substituents is 1. The van der Waals surface area contributed by atoms with E-state index in [1.807, 2.05) is 0 Å². The molecule has 0 unspecified atom stereocenters. The Kier molecular flexibility index (Phi) is 7.89. The van der Waals surface area contributed by atoms with Crippen molar-refractivity contribution in [2.75, 3.05) is 11.9 Å². The van der Waals surface area contributed by atoms with Crippen molar-refractivity contribution in [3.05, 3.63) is 62.1 Å². The summed E-state index contributed by atoms with van der Waals surface area (Å²) >= 11 is 8.56. The Morgan fingerprint density at radius 2 is 2.04 bits per heavy atom. The molecule has 0 atom stereocenters. The number of hydrogen-bond acceptors (Lipinski definition) is 5. The first-order valence-electron chi connectivity index (χ1n) is 8.61. The topological polar surface area (TPSA) is 93.5 Å². The number of carbonyl (C=O) groups is 1. The predicted molar refractivity (Wildman–Crippen MR) is 116 cm³/mol. The van der Waals surface area contributed by atoms with Crippen LogP contribution in [0, 0.1) is 17.0 Å². The van der Waals surface area contributed by atoms with Gasteiger partial charge in [0.15, 0.2) is 5.11 Å². The third-order valence-corrected chi connectivity index (χ3v) is 4.54. The van der Waals surface area contributed by atoms with E-state index in [0.717, 1.165) is 17.3 Å². The summed E-state index contributed by atoms with van der Waals surface area (Å²) in [6.07, 6.45) is 1.87. The van der Waals surface area contributed by atoms with Crippen LogP contribution < -0.4 is 15.4 Å². The van der Waals surface area contributed by atoms with Gasteiger partial charge in [0.05, 0.1) is 17.1 Å². The third kappa shape index (κ3) is 6.00. The number of thiocarbonyl (C=S) groups is 1. The van der Waals surface area contributed by atoms with Crippen LogP contribution >= 0.6 is 28.1 Å². The maximum absolute atomic E-state index is 12.7. The van der Waals surface area contributed by atoms with Gasteiger partial charge in [0.25, 0.3) is 11.6 Å². The zero-order valence-electron chi connectivity index (χ0n) is 15.5.